The van der Waals surface area contributed by atoms with E-state index in [0.29, 0.717) is 0 Å². The molecule has 3 nitrogen and oxygen atoms in total. The first-order valence-electron chi connectivity index (χ1n) is 6.77. The second kappa shape index (κ2) is 7.43. The van der Waals surface area contributed by atoms with Crippen molar-refractivity contribution < 1.29 is 9.84 Å². The van der Waals surface area contributed by atoms with E-state index in [1.54, 1.807) is 18.4 Å². The number of benzene rings is 1. The molecule has 0 saturated heterocycles. The van der Waals surface area contributed by atoms with Gasteiger partial charge in [0.1, 0.15) is 5.75 Å². The lowest BCUT2D eigenvalue weighted by Crippen LogP contribution is -2.27. The van der Waals surface area contributed by atoms with Crippen molar-refractivity contribution in [3.63, 3.8) is 0 Å². The number of ether oxygens (including phenoxy) is 1. The number of aliphatic hydroxyl groups excluding tert-OH is 1. The summed E-state index contributed by atoms with van der Waals surface area (Å²) in [4.78, 5) is 1.03. The third kappa shape index (κ3) is 4.34. The topological polar surface area (TPSA) is 41.5 Å². The second-order valence-electron chi connectivity index (χ2n) is 4.90. The molecular weight excluding hydrogens is 270 g/mol. The quantitative estimate of drug-likeness (QED) is 0.822. The van der Waals surface area contributed by atoms with E-state index in [-0.39, 0.29) is 12.1 Å². The van der Waals surface area contributed by atoms with E-state index in [4.69, 9.17) is 4.74 Å². The minimum atomic E-state index is -0.381. The Hall–Kier alpha value is -1.36. The average Bonchev–Trinajstić information content (AvgIpc) is 3.00. The molecule has 0 radical (unpaired) electrons. The van der Waals surface area contributed by atoms with Crippen LogP contribution in [0.4, 0.5) is 0 Å². The second-order valence-corrected chi connectivity index (χ2v) is 5.88. The van der Waals surface area contributed by atoms with Crippen LogP contribution < -0.4 is 10.1 Å². The predicted octanol–water partition coefficient (Wildman–Crippen LogP) is 3.36. The maximum absolute atomic E-state index is 10.1. The zero-order valence-corrected chi connectivity index (χ0v) is 12.7. The molecule has 2 aromatic rings. The zero-order valence-electron chi connectivity index (χ0n) is 11.9. The normalized spacial score (nSPS) is 13.9. The van der Waals surface area contributed by atoms with Crippen molar-refractivity contribution in [1.82, 2.24) is 5.32 Å². The minimum Gasteiger partial charge on any atom is -0.497 e. The van der Waals surface area contributed by atoms with E-state index in [9.17, 15) is 5.11 Å². The summed E-state index contributed by atoms with van der Waals surface area (Å²) in [6.45, 7) is 2.89. The third-order valence-electron chi connectivity index (χ3n) is 3.26. The molecule has 0 aliphatic heterocycles. The summed E-state index contributed by atoms with van der Waals surface area (Å²) in [6, 6.07) is 12.2. The van der Waals surface area contributed by atoms with Gasteiger partial charge < -0.3 is 15.2 Å². The summed E-state index contributed by atoms with van der Waals surface area (Å²) in [6.07, 6.45) is 0.338. The Labute approximate surface area is 124 Å². The van der Waals surface area contributed by atoms with Gasteiger partial charge in [0.15, 0.2) is 0 Å². The number of methoxy groups -OCH3 is 1. The lowest BCUT2D eigenvalue weighted by Gasteiger charge is -2.17. The van der Waals surface area contributed by atoms with Crippen LogP contribution in [-0.2, 0) is 6.54 Å². The summed E-state index contributed by atoms with van der Waals surface area (Å²) in [5.74, 6) is 0.870. The van der Waals surface area contributed by atoms with Gasteiger partial charge >= 0.3 is 0 Å². The van der Waals surface area contributed by atoms with Crippen molar-refractivity contribution in [3.8, 4) is 5.75 Å². The fourth-order valence-corrected chi connectivity index (χ4v) is 2.78. The first-order chi connectivity index (χ1) is 9.69. The molecule has 1 aromatic carbocycles. The van der Waals surface area contributed by atoms with Gasteiger partial charge in [0.25, 0.3) is 0 Å². The number of rotatable bonds is 7. The molecule has 2 rings (SSSR count). The number of hydrogen-bond acceptors (Lipinski definition) is 4. The average molecular weight is 291 g/mol. The van der Waals surface area contributed by atoms with Crippen molar-refractivity contribution >= 4 is 11.3 Å². The van der Waals surface area contributed by atoms with E-state index in [0.717, 1.165) is 23.6 Å². The molecule has 0 amide bonds. The summed E-state index contributed by atoms with van der Waals surface area (Å²) in [7, 11) is 1.67. The van der Waals surface area contributed by atoms with Gasteiger partial charge in [0, 0.05) is 17.5 Å². The molecule has 2 unspecified atom stereocenters. The largest absolute Gasteiger partial charge is 0.497 e. The Morgan fingerprint density at radius 2 is 2.00 bits per heavy atom. The van der Waals surface area contributed by atoms with Crippen LogP contribution in [0.2, 0.25) is 0 Å². The summed E-state index contributed by atoms with van der Waals surface area (Å²) < 4.78 is 5.14. The lowest BCUT2D eigenvalue weighted by atomic mass is 10.1. The third-order valence-corrected chi connectivity index (χ3v) is 4.24. The van der Waals surface area contributed by atoms with Crippen molar-refractivity contribution in [2.24, 2.45) is 0 Å². The molecule has 108 valence electrons. The first-order valence-corrected chi connectivity index (χ1v) is 7.65. The number of thiophene rings is 1. The Morgan fingerprint density at radius 1 is 1.25 bits per heavy atom. The fourth-order valence-electron chi connectivity index (χ4n) is 2.05. The van der Waals surface area contributed by atoms with Crippen molar-refractivity contribution in [1.29, 1.82) is 0 Å². The minimum absolute atomic E-state index is 0.259. The highest BCUT2D eigenvalue weighted by Gasteiger charge is 2.12. The monoisotopic (exact) mass is 291 g/mol. The molecule has 2 atom stereocenters. The molecule has 0 saturated carbocycles. The smallest absolute Gasteiger partial charge is 0.118 e. The van der Waals surface area contributed by atoms with E-state index >= 15 is 0 Å². The van der Waals surface area contributed by atoms with Crippen LogP contribution in [0.25, 0.3) is 0 Å². The lowest BCUT2D eigenvalue weighted by molar-refractivity contribution is 0.157. The Balaban J connectivity index is 1.78. The van der Waals surface area contributed by atoms with E-state index in [1.807, 2.05) is 41.8 Å². The summed E-state index contributed by atoms with van der Waals surface area (Å²) >= 11 is 1.60. The van der Waals surface area contributed by atoms with Gasteiger partial charge in [-0.25, -0.2) is 0 Å². The molecule has 1 aromatic heterocycles. The van der Waals surface area contributed by atoms with Crippen molar-refractivity contribution in [3.05, 3.63) is 52.2 Å². The highest BCUT2D eigenvalue weighted by molar-refractivity contribution is 7.10. The Kier molecular flexibility index (Phi) is 5.59. The van der Waals surface area contributed by atoms with Gasteiger partial charge in [-0.15, -0.1) is 11.3 Å². The molecule has 0 aliphatic rings. The molecule has 4 heteroatoms. The molecule has 2 N–H and O–H groups in total. The molecule has 20 heavy (non-hydrogen) atoms. The van der Waals surface area contributed by atoms with Crippen LogP contribution in [0, 0.1) is 0 Å². The van der Waals surface area contributed by atoms with Gasteiger partial charge in [0.2, 0.25) is 0 Å². The molecule has 0 spiro atoms. The van der Waals surface area contributed by atoms with E-state index in [2.05, 4.69) is 12.2 Å². The van der Waals surface area contributed by atoms with Gasteiger partial charge in [-0.3, -0.25) is 0 Å². The van der Waals surface area contributed by atoms with Crippen LogP contribution in [0.5, 0.6) is 5.75 Å². The van der Waals surface area contributed by atoms with Crippen LogP contribution >= 0.6 is 11.3 Å². The summed E-state index contributed by atoms with van der Waals surface area (Å²) in [5.41, 5.74) is 1.21. The molecule has 0 fully saturated rings. The maximum atomic E-state index is 10.1. The van der Waals surface area contributed by atoms with Gasteiger partial charge in [0.05, 0.1) is 13.2 Å². The van der Waals surface area contributed by atoms with E-state index < -0.39 is 0 Å². The summed E-state index contributed by atoms with van der Waals surface area (Å²) in [5, 5.41) is 15.5. The molecule has 1 heterocycles. The van der Waals surface area contributed by atoms with Crippen LogP contribution in [0.1, 0.15) is 29.9 Å². The van der Waals surface area contributed by atoms with Crippen LogP contribution in [0.15, 0.2) is 41.8 Å². The molecular formula is C16H21NO2S. The van der Waals surface area contributed by atoms with Gasteiger partial charge in [-0.05, 0) is 42.5 Å². The SMILES string of the molecule is COc1ccc(CNC(C)CC(O)c2cccs2)cc1. The van der Waals surface area contributed by atoms with Crippen LogP contribution in [-0.4, -0.2) is 18.3 Å². The zero-order chi connectivity index (χ0) is 14.4. The first kappa shape index (κ1) is 15.0. The van der Waals surface area contributed by atoms with Crippen molar-refractivity contribution in [2.45, 2.75) is 32.0 Å². The fraction of sp³-hybridized carbons (Fsp3) is 0.375. The van der Waals surface area contributed by atoms with Crippen molar-refractivity contribution in [2.75, 3.05) is 7.11 Å². The van der Waals surface area contributed by atoms with Gasteiger partial charge in [-0.2, -0.15) is 0 Å². The highest BCUT2D eigenvalue weighted by atomic mass is 32.1. The number of nitrogens with one attached hydrogen (secondary N) is 1. The van der Waals surface area contributed by atoms with Crippen LogP contribution in [0.3, 0.4) is 0 Å². The Bertz CT molecular complexity index is 496. The molecule has 0 aliphatic carbocycles. The maximum Gasteiger partial charge on any atom is 0.118 e. The standard InChI is InChI=1S/C16H21NO2S/c1-12(10-15(18)16-4-3-9-20-16)17-11-13-5-7-14(19-2)8-6-13/h3-9,12,15,17-18H,10-11H2,1-2H3. The molecule has 0 bridgehead atoms. The highest BCUT2D eigenvalue weighted by Crippen LogP contribution is 2.23. The Morgan fingerprint density at radius 3 is 2.60 bits per heavy atom. The predicted molar refractivity (Wildman–Crippen MR) is 83.2 cm³/mol. The van der Waals surface area contributed by atoms with Gasteiger partial charge in [-0.1, -0.05) is 18.2 Å². The number of aliphatic hydroxyl groups is 1. The number of hydrogen-bond donors (Lipinski definition) is 2. The van der Waals surface area contributed by atoms with E-state index in [1.165, 1.54) is 5.56 Å².